The summed E-state index contributed by atoms with van der Waals surface area (Å²) in [6, 6.07) is 0.458. The first-order chi connectivity index (χ1) is 6.39. The molecule has 86 valence electrons. The van der Waals surface area contributed by atoms with Gasteiger partial charge in [0.2, 0.25) is 0 Å². The van der Waals surface area contributed by atoms with E-state index in [4.69, 9.17) is 4.74 Å². The minimum absolute atomic E-state index is 0.167. The van der Waals surface area contributed by atoms with E-state index in [1.807, 2.05) is 0 Å². The van der Waals surface area contributed by atoms with E-state index < -0.39 is 0 Å². The minimum Gasteiger partial charge on any atom is -0.395 e. The molecular formula is C11H25NO2. The molecule has 2 atom stereocenters. The molecule has 2 unspecified atom stereocenters. The molecule has 0 bridgehead atoms. The Morgan fingerprint density at radius 2 is 1.93 bits per heavy atom. The molecule has 0 heterocycles. The summed E-state index contributed by atoms with van der Waals surface area (Å²) < 4.78 is 5.03. The van der Waals surface area contributed by atoms with Crippen molar-refractivity contribution in [1.82, 2.24) is 5.32 Å². The molecule has 2 N–H and O–H groups in total. The third-order valence-electron chi connectivity index (χ3n) is 2.02. The number of ether oxygens (including phenoxy) is 1. The molecule has 0 spiro atoms. The van der Waals surface area contributed by atoms with Gasteiger partial charge in [0.25, 0.3) is 0 Å². The summed E-state index contributed by atoms with van der Waals surface area (Å²) in [4.78, 5) is 0. The highest BCUT2D eigenvalue weighted by molar-refractivity contribution is 4.76. The first-order valence-corrected chi connectivity index (χ1v) is 5.25. The summed E-state index contributed by atoms with van der Waals surface area (Å²) in [5.41, 5.74) is 0.243. The van der Waals surface area contributed by atoms with Crippen molar-refractivity contribution < 1.29 is 9.84 Å². The van der Waals surface area contributed by atoms with Crippen molar-refractivity contribution in [1.29, 1.82) is 0 Å². The van der Waals surface area contributed by atoms with Gasteiger partial charge in [0.15, 0.2) is 0 Å². The first-order valence-electron chi connectivity index (χ1n) is 5.25. The summed E-state index contributed by atoms with van der Waals surface area (Å²) in [6.45, 7) is 9.47. The molecule has 0 aliphatic heterocycles. The molecule has 14 heavy (non-hydrogen) atoms. The summed E-state index contributed by atoms with van der Waals surface area (Å²) in [5, 5.41) is 12.6. The summed E-state index contributed by atoms with van der Waals surface area (Å²) >= 11 is 0. The van der Waals surface area contributed by atoms with Gasteiger partial charge in [0.1, 0.15) is 0 Å². The Morgan fingerprint density at radius 3 is 2.29 bits per heavy atom. The fourth-order valence-electron chi connectivity index (χ4n) is 1.62. The molecular weight excluding hydrogens is 178 g/mol. The van der Waals surface area contributed by atoms with Crippen molar-refractivity contribution in [3.8, 4) is 0 Å². The molecule has 0 aliphatic rings. The maximum atomic E-state index is 9.20. The fraction of sp³-hybridized carbons (Fsp3) is 1.00. The van der Waals surface area contributed by atoms with Gasteiger partial charge >= 0.3 is 0 Å². The number of methoxy groups -OCH3 is 1. The van der Waals surface area contributed by atoms with Crippen LogP contribution in [0.4, 0.5) is 0 Å². The van der Waals surface area contributed by atoms with Crippen LogP contribution in [0.15, 0.2) is 0 Å². The van der Waals surface area contributed by atoms with Crippen LogP contribution in [0.3, 0.4) is 0 Å². The van der Waals surface area contributed by atoms with Gasteiger partial charge < -0.3 is 15.2 Å². The first kappa shape index (κ1) is 13.9. The average Bonchev–Trinajstić information content (AvgIpc) is 2.01. The molecule has 3 heteroatoms. The summed E-state index contributed by atoms with van der Waals surface area (Å²) in [5.74, 6) is 0. The molecule has 0 aromatic heterocycles. The van der Waals surface area contributed by atoms with Crippen LogP contribution >= 0.6 is 0 Å². The van der Waals surface area contributed by atoms with Crippen LogP contribution in [0.2, 0.25) is 0 Å². The highest BCUT2D eigenvalue weighted by atomic mass is 16.5. The van der Waals surface area contributed by atoms with E-state index in [9.17, 15) is 5.11 Å². The Morgan fingerprint density at radius 1 is 1.36 bits per heavy atom. The number of nitrogens with one attached hydrogen (secondary N) is 1. The lowest BCUT2D eigenvalue weighted by Gasteiger charge is -2.27. The second-order valence-corrected chi connectivity index (χ2v) is 5.17. The number of aliphatic hydroxyl groups excluding tert-OH is 1. The van der Waals surface area contributed by atoms with Gasteiger partial charge in [-0.25, -0.2) is 0 Å². The van der Waals surface area contributed by atoms with Gasteiger partial charge in [0, 0.05) is 19.2 Å². The molecule has 0 amide bonds. The standard InChI is InChI=1S/C11H25NO2/c1-9(8-14-5)12-10(7-13)6-11(2,3)4/h9-10,12-13H,6-8H2,1-5H3. The topological polar surface area (TPSA) is 41.5 Å². The zero-order valence-electron chi connectivity index (χ0n) is 10.1. The van der Waals surface area contributed by atoms with E-state index in [2.05, 4.69) is 33.0 Å². The molecule has 0 rings (SSSR count). The summed E-state index contributed by atoms with van der Waals surface area (Å²) in [7, 11) is 1.69. The maximum absolute atomic E-state index is 9.20. The lowest BCUT2D eigenvalue weighted by molar-refractivity contribution is 0.141. The van der Waals surface area contributed by atoms with Gasteiger partial charge in [-0.3, -0.25) is 0 Å². The highest BCUT2D eigenvalue weighted by Gasteiger charge is 2.19. The predicted molar refractivity (Wildman–Crippen MR) is 59.4 cm³/mol. The molecule has 0 aromatic rings. The van der Waals surface area contributed by atoms with Crippen LogP contribution < -0.4 is 5.32 Å². The van der Waals surface area contributed by atoms with Crippen molar-refractivity contribution in [2.24, 2.45) is 5.41 Å². The second-order valence-electron chi connectivity index (χ2n) is 5.17. The average molecular weight is 203 g/mol. The normalized spacial score (nSPS) is 16.7. The van der Waals surface area contributed by atoms with Crippen molar-refractivity contribution in [3.63, 3.8) is 0 Å². The minimum atomic E-state index is 0.167. The fourth-order valence-corrected chi connectivity index (χ4v) is 1.62. The van der Waals surface area contributed by atoms with E-state index in [0.29, 0.717) is 12.6 Å². The van der Waals surface area contributed by atoms with Crippen molar-refractivity contribution >= 4 is 0 Å². The molecule has 0 saturated heterocycles. The predicted octanol–water partition coefficient (Wildman–Crippen LogP) is 1.41. The van der Waals surface area contributed by atoms with Crippen molar-refractivity contribution in [2.75, 3.05) is 20.3 Å². The Kier molecular flexibility index (Phi) is 6.33. The Bertz CT molecular complexity index is 143. The molecule has 0 fully saturated rings. The van der Waals surface area contributed by atoms with E-state index in [1.54, 1.807) is 7.11 Å². The molecule has 3 nitrogen and oxygen atoms in total. The van der Waals surface area contributed by atoms with Crippen molar-refractivity contribution in [3.05, 3.63) is 0 Å². The Hall–Kier alpha value is -0.120. The number of aliphatic hydroxyl groups is 1. The van der Waals surface area contributed by atoms with Crippen LogP contribution in [-0.2, 0) is 4.74 Å². The monoisotopic (exact) mass is 203 g/mol. The lowest BCUT2D eigenvalue weighted by atomic mass is 9.88. The van der Waals surface area contributed by atoms with Crippen LogP contribution in [-0.4, -0.2) is 37.5 Å². The van der Waals surface area contributed by atoms with E-state index in [-0.39, 0.29) is 18.1 Å². The van der Waals surface area contributed by atoms with Crippen LogP contribution in [0, 0.1) is 5.41 Å². The van der Waals surface area contributed by atoms with Crippen LogP contribution in [0.1, 0.15) is 34.1 Å². The van der Waals surface area contributed by atoms with Gasteiger partial charge in [-0.15, -0.1) is 0 Å². The van der Waals surface area contributed by atoms with Gasteiger partial charge in [-0.1, -0.05) is 20.8 Å². The maximum Gasteiger partial charge on any atom is 0.0613 e. The molecule has 0 saturated carbocycles. The summed E-state index contributed by atoms with van der Waals surface area (Å²) in [6.07, 6.45) is 0.970. The van der Waals surface area contributed by atoms with Crippen LogP contribution in [0.25, 0.3) is 0 Å². The number of rotatable bonds is 6. The Labute approximate surface area is 87.8 Å². The van der Waals surface area contributed by atoms with E-state index in [1.165, 1.54) is 0 Å². The highest BCUT2D eigenvalue weighted by Crippen LogP contribution is 2.20. The number of hydrogen-bond donors (Lipinski definition) is 2. The van der Waals surface area contributed by atoms with Gasteiger partial charge in [0.05, 0.1) is 13.2 Å². The van der Waals surface area contributed by atoms with E-state index >= 15 is 0 Å². The SMILES string of the molecule is COCC(C)NC(CO)CC(C)(C)C. The van der Waals surface area contributed by atoms with Crippen LogP contribution in [0.5, 0.6) is 0 Å². The lowest BCUT2D eigenvalue weighted by Crippen LogP contribution is -2.43. The quantitative estimate of drug-likeness (QED) is 0.686. The zero-order chi connectivity index (χ0) is 11.2. The molecule has 0 aromatic carbocycles. The van der Waals surface area contributed by atoms with Gasteiger partial charge in [-0.2, -0.15) is 0 Å². The van der Waals surface area contributed by atoms with E-state index in [0.717, 1.165) is 6.42 Å². The van der Waals surface area contributed by atoms with Crippen molar-refractivity contribution in [2.45, 2.75) is 46.2 Å². The zero-order valence-corrected chi connectivity index (χ0v) is 10.1. The second kappa shape index (κ2) is 6.38. The Balaban J connectivity index is 3.90. The third kappa shape index (κ3) is 7.30. The number of hydrogen-bond acceptors (Lipinski definition) is 3. The third-order valence-corrected chi connectivity index (χ3v) is 2.02. The van der Waals surface area contributed by atoms with Gasteiger partial charge in [-0.05, 0) is 18.8 Å². The largest absolute Gasteiger partial charge is 0.395 e. The molecule has 0 radical (unpaired) electrons. The smallest absolute Gasteiger partial charge is 0.0613 e. The molecule has 0 aliphatic carbocycles.